The number of nitrogens with one attached hydrogen (secondary N) is 1. The van der Waals surface area contributed by atoms with Crippen LogP contribution in [0.15, 0.2) is 48.5 Å². The summed E-state index contributed by atoms with van der Waals surface area (Å²) in [6, 6.07) is 16.6. The van der Waals surface area contributed by atoms with Gasteiger partial charge in [0.15, 0.2) is 0 Å². The van der Waals surface area contributed by atoms with Crippen LogP contribution < -0.4 is 10.1 Å². The zero-order chi connectivity index (χ0) is 18.2. The van der Waals surface area contributed by atoms with E-state index in [9.17, 15) is 4.79 Å². The maximum absolute atomic E-state index is 11.6. The van der Waals surface area contributed by atoms with Gasteiger partial charge in [0.1, 0.15) is 12.4 Å². The Morgan fingerprint density at radius 3 is 2.63 bits per heavy atom. The van der Waals surface area contributed by atoms with Gasteiger partial charge in [-0.05, 0) is 37.9 Å². The van der Waals surface area contributed by atoms with Gasteiger partial charge in [0, 0.05) is 31.6 Å². The van der Waals surface area contributed by atoms with Crippen molar-refractivity contribution < 1.29 is 9.53 Å². The number of likely N-dealkylation sites (tertiary alicyclic amines) is 1. The molecular weight excluding hydrogens is 360 g/mol. The number of ether oxygens (including phenoxy) is 1. The Hall–Kier alpha value is -2.04. The molecule has 2 aromatic rings. The van der Waals surface area contributed by atoms with E-state index >= 15 is 0 Å². The number of carbonyl (C=O) groups is 1. The monoisotopic (exact) mass is 388 g/mol. The lowest BCUT2D eigenvalue weighted by molar-refractivity contribution is -0.127. The summed E-state index contributed by atoms with van der Waals surface area (Å²) in [5, 5.41) is 3.47. The lowest BCUT2D eigenvalue weighted by Gasteiger charge is -2.16. The lowest BCUT2D eigenvalue weighted by atomic mass is 10.1. The molecule has 0 spiro atoms. The van der Waals surface area contributed by atoms with Crippen molar-refractivity contribution in [2.45, 2.75) is 39.3 Å². The number of carbonyl (C=O) groups excluding carboxylic acids is 1. The van der Waals surface area contributed by atoms with Gasteiger partial charge >= 0.3 is 0 Å². The van der Waals surface area contributed by atoms with Gasteiger partial charge in [-0.3, -0.25) is 4.79 Å². The number of para-hydroxylation sites is 1. The average Bonchev–Trinajstić information content (AvgIpc) is 3.07. The zero-order valence-electron chi connectivity index (χ0n) is 15.9. The number of halogens is 1. The number of nitrogens with zero attached hydrogens (tertiary/aromatic N) is 1. The number of hydrogen-bond donors (Lipinski definition) is 1. The van der Waals surface area contributed by atoms with Crippen LogP contribution in [0.5, 0.6) is 5.75 Å². The predicted octanol–water partition coefficient (Wildman–Crippen LogP) is 4.10. The third-order valence-corrected chi connectivity index (χ3v) is 4.76. The van der Waals surface area contributed by atoms with Crippen LogP contribution in [0.25, 0.3) is 0 Å². The predicted molar refractivity (Wildman–Crippen MR) is 111 cm³/mol. The van der Waals surface area contributed by atoms with E-state index in [1.165, 1.54) is 11.1 Å². The van der Waals surface area contributed by atoms with Crippen molar-refractivity contribution in [1.82, 2.24) is 10.2 Å². The summed E-state index contributed by atoms with van der Waals surface area (Å²) in [5.41, 5.74) is 3.60. The molecule has 3 rings (SSSR count). The molecule has 0 saturated carbocycles. The van der Waals surface area contributed by atoms with Crippen molar-refractivity contribution in [1.29, 1.82) is 0 Å². The van der Waals surface area contributed by atoms with E-state index < -0.39 is 0 Å². The van der Waals surface area contributed by atoms with E-state index in [1.54, 1.807) is 0 Å². The van der Waals surface area contributed by atoms with Crippen LogP contribution in [-0.2, 0) is 17.9 Å². The topological polar surface area (TPSA) is 41.6 Å². The van der Waals surface area contributed by atoms with Gasteiger partial charge in [-0.15, -0.1) is 12.4 Å². The molecule has 1 N–H and O–H groups in total. The number of benzene rings is 2. The molecule has 0 aliphatic carbocycles. The molecule has 0 bridgehead atoms. The molecule has 0 radical (unpaired) electrons. The standard InChI is InChI=1S/C22H28N2O2.ClH/c1-18-9-11-19(12-10-18)17-26-21-7-3-2-6-20(21)16-23-13-5-15-24-14-4-8-22(24)25;/h2-3,6-7,9-12,23H,4-5,8,13-17H2,1H3;1H. The highest BCUT2D eigenvalue weighted by Crippen LogP contribution is 2.19. The summed E-state index contributed by atoms with van der Waals surface area (Å²) < 4.78 is 6.02. The maximum atomic E-state index is 11.6. The van der Waals surface area contributed by atoms with Crippen LogP contribution in [0.2, 0.25) is 0 Å². The summed E-state index contributed by atoms with van der Waals surface area (Å²) in [4.78, 5) is 13.6. The minimum Gasteiger partial charge on any atom is -0.489 e. The molecule has 27 heavy (non-hydrogen) atoms. The van der Waals surface area contributed by atoms with Crippen LogP contribution in [0.3, 0.4) is 0 Å². The molecule has 0 aromatic heterocycles. The number of hydrogen-bond acceptors (Lipinski definition) is 3. The second-order valence-electron chi connectivity index (χ2n) is 6.90. The smallest absolute Gasteiger partial charge is 0.222 e. The van der Waals surface area contributed by atoms with Crippen molar-refractivity contribution in [2.75, 3.05) is 19.6 Å². The number of rotatable bonds is 9. The maximum Gasteiger partial charge on any atom is 0.222 e. The first-order valence-corrected chi connectivity index (χ1v) is 9.47. The normalized spacial score (nSPS) is 13.5. The fraction of sp³-hybridized carbons (Fsp3) is 0.409. The fourth-order valence-corrected chi connectivity index (χ4v) is 3.19. The van der Waals surface area contributed by atoms with Crippen LogP contribution in [0.1, 0.15) is 36.0 Å². The molecule has 5 heteroatoms. The largest absolute Gasteiger partial charge is 0.489 e. The Kier molecular flexibility index (Phi) is 8.62. The lowest BCUT2D eigenvalue weighted by Crippen LogP contribution is -2.28. The molecule has 1 saturated heterocycles. The molecule has 4 nitrogen and oxygen atoms in total. The first-order valence-electron chi connectivity index (χ1n) is 9.47. The van der Waals surface area contributed by atoms with Gasteiger partial charge in [0.2, 0.25) is 5.91 Å². The minimum atomic E-state index is 0. The number of aryl methyl sites for hydroxylation is 1. The zero-order valence-corrected chi connectivity index (χ0v) is 16.8. The summed E-state index contributed by atoms with van der Waals surface area (Å²) in [6.07, 6.45) is 2.72. The average molecular weight is 389 g/mol. The molecule has 2 aromatic carbocycles. The Labute approximate surface area is 168 Å². The molecule has 1 fully saturated rings. The van der Waals surface area contributed by atoms with E-state index in [4.69, 9.17) is 4.74 Å². The highest BCUT2D eigenvalue weighted by Gasteiger charge is 2.18. The minimum absolute atomic E-state index is 0. The first kappa shape index (κ1) is 21.3. The van der Waals surface area contributed by atoms with Gasteiger partial charge < -0.3 is 15.0 Å². The Morgan fingerprint density at radius 2 is 1.89 bits per heavy atom. The van der Waals surface area contributed by atoms with E-state index in [1.807, 2.05) is 23.1 Å². The van der Waals surface area contributed by atoms with Crippen molar-refractivity contribution in [3.8, 4) is 5.75 Å². The fourth-order valence-electron chi connectivity index (χ4n) is 3.19. The van der Waals surface area contributed by atoms with Crippen LogP contribution in [0.4, 0.5) is 0 Å². The van der Waals surface area contributed by atoms with Gasteiger partial charge in [-0.1, -0.05) is 48.0 Å². The van der Waals surface area contributed by atoms with E-state index in [2.05, 4.69) is 42.6 Å². The van der Waals surface area contributed by atoms with Gasteiger partial charge in [-0.25, -0.2) is 0 Å². The molecule has 1 aliphatic heterocycles. The molecule has 1 heterocycles. The van der Waals surface area contributed by atoms with Crippen molar-refractivity contribution in [3.63, 3.8) is 0 Å². The molecule has 1 aliphatic rings. The van der Waals surface area contributed by atoms with Gasteiger partial charge in [0.05, 0.1) is 0 Å². The SMILES string of the molecule is Cc1ccc(COc2ccccc2CNCCCN2CCCC2=O)cc1.Cl. The highest BCUT2D eigenvalue weighted by molar-refractivity contribution is 5.85. The Bertz CT molecular complexity index is 719. The van der Waals surface area contributed by atoms with Crippen molar-refractivity contribution in [2.24, 2.45) is 0 Å². The van der Waals surface area contributed by atoms with Crippen LogP contribution in [0, 0.1) is 6.92 Å². The molecular formula is C22H29ClN2O2. The Morgan fingerprint density at radius 1 is 1.11 bits per heavy atom. The Balaban J connectivity index is 0.00000261. The third-order valence-electron chi connectivity index (χ3n) is 4.76. The van der Waals surface area contributed by atoms with Gasteiger partial charge in [-0.2, -0.15) is 0 Å². The summed E-state index contributed by atoms with van der Waals surface area (Å²) in [6.45, 7) is 6.12. The third kappa shape index (κ3) is 6.56. The number of amides is 1. The van der Waals surface area contributed by atoms with E-state index in [0.717, 1.165) is 56.8 Å². The second kappa shape index (κ2) is 11.0. The molecule has 0 unspecified atom stereocenters. The molecule has 0 atom stereocenters. The molecule has 1 amide bonds. The van der Waals surface area contributed by atoms with Crippen LogP contribution in [-0.4, -0.2) is 30.4 Å². The van der Waals surface area contributed by atoms with Crippen molar-refractivity contribution >= 4 is 18.3 Å². The summed E-state index contributed by atoms with van der Waals surface area (Å²) in [7, 11) is 0. The quantitative estimate of drug-likeness (QED) is 0.657. The van der Waals surface area contributed by atoms with E-state index in [0.29, 0.717) is 12.5 Å². The summed E-state index contributed by atoms with van der Waals surface area (Å²) in [5.74, 6) is 1.23. The van der Waals surface area contributed by atoms with Gasteiger partial charge in [0.25, 0.3) is 0 Å². The second-order valence-corrected chi connectivity index (χ2v) is 6.90. The van der Waals surface area contributed by atoms with E-state index in [-0.39, 0.29) is 12.4 Å². The highest BCUT2D eigenvalue weighted by atomic mass is 35.5. The molecule has 146 valence electrons. The summed E-state index contributed by atoms with van der Waals surface area (Å²) >= 11 is 0. The first-order chi connectivity index (χ1) is 12.7. The van der Waals surface area contributed by atoms with Crippen LogP contribution >= 0.6 is 12.4 Å². The van der Waals surface area contributed by atoms with Crippen molar-refractivity contribution in [3.05, 3.63) is 65.2 Å².